The SMILES string of the molecule is Cl.O=C(c1csc(-c2ccc(Cl)s2)n1)N1CCNCC1. The molecule has 0 spiro atoms. The summed E-state index contributed by atoms with van der Waals surface area (Å²) < 4.78 is 0.736. The van der Waals surface area contributed by atoms with Gasteiger partial charge in [0.15, 0.2) is 0 Å². The average Bonchev–Trinajstić information content (AvgIpc) is 3.07. The van der Waals surface area contributed by atoms with Gasteiger partial charge in [0, 0.05) is 31.6 Å². The number of hydrogen-bond donors (Lipinski definition) is 1. The van der Waals surface area contributed by atoms with E-state index in [1.807, 2.05) is 22.4 Å². The first-order chi connectivity index (χ1) is 9.24. The molecule has 0 unspecified atom stereocenters. The molecule has 0 atom stereocenters. The normalized spacial score (nSPS) is 14.9. The van der Waals surface area contributed by atoms with E-state index in [4.69, 9.17) is 11.6 Å². The maximum Gasteiger partial charge on any atom is 0.273 e. The Labute approximate surface area is 136 Å². The Balaban J connectivity index is 0.00000147. The van der Waals surface area contributed by atoms with Crippen LogP contribution < -0.4 is 5.32 Å². The van der Waals surface area contributed by atoms with Gasteiger partial charge in [0.25, 0.3) is 5.91 Å². The molecule has 0 bridgehead atoms. The zero-order valence-electron chi connectivity index (χ0n) is 10.5. The highest BCUT2D eigenvalue weighted by atomic mass is 35.5. The van der Waals surface area contributed by atoms with Gasteiger partial charge in [0.2, 0.25) is 0 Å². The molecule has 108 valence electrons. The Hall–Kier alpha value is -0.660. The van der Waals surface area contributed by atoms with E-state index in [2.05, 4.69) is 10.3 Å². The number of nitrogens with zero attached hydrogens (tertiary/aromatic N) is 2. The van der Waals surface area contributed by atoms with E-state index >= 15 is 0 Å². The second kappa shape index (κ2) is 6.87. The van der Waals surface area contributed by atoms with Crippen LogP contribution in [0.1, 0.15) is 10.5 Å². The van der Waals surface area contributed by atoms with Crippen molar-refractivity contribution in [1.82, 2.24) is 15.2 Å². The summed E-state index contributed by atoms with van der Waals surface area (Å²) in [7, 11) is 0. The minimum atomic E-state index is 0. The Morgan fingerprint density at radius 1 is 1.35 bits per heavy atom. The van der Waals surface area contributed by atoms with Crippen LogP contribution in [-0.4, -0.2) is 42.0 Å². The Kier molecular flexibility index (Phi) is 5.40. The van der Waals surface area contributed by atoms with E-state index in [1.165, 1.54) is 22.7 Å². The molecule has 2 aromatic rings. The molecule has 3 heterocycles. The minimum absolute atomic E-state index is 0. The van der Waals surface area contributed by atoms with Gasteiger partial charge in [-0.15, -0.1) is 35.1 Å². The van der Waals surface area contributed by atoms with Crippen LogP contribution in [0.15, 0.2) is 17.5 Å². The summed E-state index contributed by atoms with van der Waals surface area (Å²) in [5.74, 6) is 0.0200. The first kappa shape index (κ1) is 15.7. The summed E-state index contributed by atoms with van der Waals surface area (Å²) in [5.41, 5.74) is 0.534. The Bertz CT molecular complexity index is 593. The van der Waals surface area contributed by atoms with E-state index in [1.54, 1.807) is 0 Å². The number of piperazine rings is 1. The second-order valence-electron chi connectivity index (χ2n) is 4.18. The zero-order valence-corrected chi connectivity index (χ0v) is 13.7. The summed E-state index contributed by atoms with van der Waals surface area (Å²) in [6, 6.07) is 3.78. The van der Waals surface area contributed by atoms with Gasteiger partial charge in [-0.25, -0.2) is 4.98 Å². The van der Waals surface area contributed by atoms with Crippen molar-refractivity contribution in [3.8, 4) is 9.88 Å². The summed E-state index contributed by atoms with van der Waals surface area (Å²) in [5, 5.41) is 5.91. The number of nitrogens with one attached hydrogen (secondary N) is 1. The molecule has 0 radical (unpaired) electrons. The summed E-state index contributed by atoms with van der Waals surface area (Å²) >= 11 is 8.88. The van der Waals surface area contributed by atoms with Crippen LogP contribution in [0.4, 0.5) is 0 Å². The molecule has 1 aliphatic rings. The molecule has 3 rings (SSSR count). The standard InChI is InChI=1S/C12H12ClN3OS2.ClH/c13-10-2-1-9(19-10)11-15-8(7-18-11)12(17)16-5-3-14-4-6-16;/h1-2,7,14H,3-6H2;1H. The molecule has 0 aliphatic carbocycles. The van der Waals surface area contributed by atoms with Crippen LogP contribution in [-0.2, 0) is 0 Å². The van der Waals surface area contributed by atoms with Crippen LogP contribution in [0.3, 0.4) is 0 Å². The van der Waals surface area contributed by atoms with Crippen molar-refractivity contribution < 1.29 is 4.79 Å². The number of rotatable bonds is 2. The van der Waals surface area contributed by atoms with Crippen LogP contribution in [0.2, 0.25) is 4.34 Å². The lowest BCUT2D eigenvalue weighted by Crippen LogP contribution is -2.46. The zero-order chi connectivity index (χ0) is 13.2. The van der Waals surface area contributed by atoms with Gasteiger partial charge >= 0.3 is 0 Å². The van der Waals surface area contributed by atoms with Crippen molar-refractivity contribution in [2.75, 3.05) is 26.2 Å². The molecule has 1 amide bonds. The molecule has 4 nitrogen and oxygen atoms in total. The fourth-order valence-electron chi connectivity index (χ4n) is 1.94. The quantitative estimate of drug-likeness (QED) is 0.906. The third kappa shape index (κ3) is 3.32. The minimum Gasteiger partial charge on any atom is -0.335 e. The van der Waals surface area contributed by atoms with Crippen LogP contribution in [0.5, 0.6) is 0 Å². The third-order valence-corrected chi connectivity index (χ3v) is 5.15. The van der Waals surface area contributed by atoms with E-state index in [0.29, 0.717) is 5.69 Å². The van der Waals surface area contributed by atoms with E-state index < -0.39 is 0 Å². The van der Waals surface area contributed by atoms with Gasteiger partial charge in [0.05, 0.1) is 9.21 Å². The molecular weight excluding hydrogens is 337 g/mol. The molecule has 1 fully saturated rings. The van der Waals surface area contributed by atoms with E-state index in [-0.39, 0.29) is 18.3 Å². The molecule has 0 aromatic carbocycles. The molecule has 1 aliphatic heterocycles. The topological polar surface area (TPSA) is 45.2 Å². The van der Waals surface area contributed by atoms with Crippen LogP contribution in [0, 0.1) is 0 Å². The summed E-state index contributed by atoms with van der Waals surface area (Å²) in [4.78, 5) is 19.5. The number of thiazole rings is 1. The van der Waals surface area contributed by atoms with Gasteiger partial charge in [-0.2, -0.15) is 0 Å². The number of hydrogen-bond acceptors (Lipinski definition) is 5. The number of carbonyl (C=O) groups excluding carboxylic acids is 1. The molecule has 0 saturated carbocycles. The predicted molar refractivity (Wildman–Crippen MR) is 86.5 cm³/mol. The fraction of sp³-hybridized carbons (Fsp3) is 0.333. The molecule has 20 heavy (non-hydrogen) atoms. The van der Waals surface area contributed by atoms with Crippen molar-refractivity contribution in [2.45, 2.75) is 0 Å². The monoisotopic (exact) mass is 349 g/mol. The maximum atomic E-state index is 12.3. The van der Waals surface area contributed by atoms with Crippen molar-refractivity contribution in [3.63, 3.8) is 0 Å². The molecule has 1 saturated heterocycles. The number of aromatic nitrogens is 1. The largest absolute Gasteiger partial charge is 0.335 e. The third-order valence-electron chi connectivity index (χ3n) is 2.91. The molecule has 2 aromatic heterocycles. The molecular formula is C12H13Cl2N3OS2. The maximum absolute atomic E-state index is 12.3. The van der Waals surface area contributed by atoms with Gasteiger partial charge in [-0.3, -0.25) is 4.79 Å². The lowest BCUT2D eigenvalue weighted by molar-refractivity contribution is 0.0731. The number of carbonyl (C=O) groups is 1. The second-order valence-corrected chi connectivity index (χ2v) is 6.76. The van der Waals surface area contributed by atoms with Gasteiger partial charge in [-0.1, -0.05) is 11.6 Å². The highest BCUT2D eigenvalue weighted by Gasteiger charge is 2.20. The van der Waals surface area contributed by atoms with Gasteiger partial charge < -0.3 is 10.2 Å². The molecule has 8 heteroatoms. The number of halogens is 2. The first-order valence-electron chi connectivity index (χ1n) is 5.95. The lowest BCUT2D eigenvalue weighted by Gasteiger charge is -2.26. The van der Waals surface area contributed by atoms with E-state index in [9.17, 15) is 4.79 Å². The highest BCUT2D eigenvalue weighted by molar-refractivity contribution is 7.23. The predicted octanol–water partition coefficient (Wildman–Crippen LogP) is 2.99. The lowest BCUT2D eigenvalue weighted by atomic mass is 10.3. The van der Waals surface area contributed by atoms with Gasteiger partial charge in [0.1, 0.15) is 10.7 Å². The van der Waals surface area contributed by atoms with Crippen molar-refractivity contribution in [2.24, 2.45) is 0 Å². The van der Waals surface area contributed by atoms with Gasteiger partial charge in [-0.05, 0) is 12.1 Å². The summed E-state index contributed by atoms with van der Waals surface area (Å²) in [6.07, 6.45) is 0. The van der Waals surface area contributed by atoms with Crippen LogP contribution >= 0.6 is 46.7 Å². The fourth-order valence-corrected chi connectivity index (χ4v) is 3.85. The highest BCUT2D eigenvalue weighted by Crippen LogP contribution is 2.33. The summed E-state index contributed by atoms with van der Waals surface area (Å²) in [6.45, 7) is 3.19. The van der Waals surface area contributed by atoms with Crippen molar-refractivity contribution in [3.05, 3.63) is 27.5 Å². The number of amides is 1. The van der Waals surface area contributed by atoms with Crippen molar-refractivity contribution >= 4 is 52.6 Å². The first-order valence-corrected chi connectivity index (χ1v) is 8.03. The van der Waals surface area contributed by atoms with Crippen LogP contribution in [0.25, 0.3) is 9.88 Å². The van der Waals surface area contributed by atoms with E-state index in [0.717, 1.165) is 40.4 Å². The van der Waals surface area contributed by atoms with Crippen molar-refractivity contribution in [1.29, 1.82) is 0 Å². The average molecular weight is 350 g/mol. The molecule has 1 N–H and O–H groups in total. The number of thiophene rings is 1. The Morgan fingerprint density at radius 2 is 2.10 bits per heavy atom. The Morgan fingerprint density at radius 3 is 2.75 bits per heavy atom. The smallest absolute Gasteiger partial charge is 0.273 e.